The molecule has 0 aliphatic carbocycles. The molecule has 0 saturated heterocycles. The third-order valence-electron chi connectivity index (χ3n) is 0.341. The molecule has 0 aromatic heterocycles. The average molecular weight is 245 g/mol. The Morgan fingerprint density at radius 2 is 1.64 bits per heavy atom. The van der Waals surface area contributed by atoms with Crippen LogP contribution in [0.3, 0.4) is 0 Å². The summed E-state index contributed by atoms with van der Waals surface area (Å²) in [5, 5.41) is 17.3. The van der Waals surface area contributed by atoms with Crippen LogP contribution < -0.4 is 34.7 Å². The number of carboxylic acid groups (broad SMARTS) is 1. The van der Waals surface area contributed by atoms with Crippen molar-refractivity contribution >= 4 is 47.5 Å². The number of carbonyl (C=O) groups excluding carboxylic acids is 1. The Kier molecular flexibility index (Phi) is 20.0. The Labute approximate surface area is 104 Å². The average Bonchev–Trinajstić information content (AvgIpc) is 1.63. The molecule has 0 fully saturated rings. The van der Waals surface area contributed by atoms with Gasteiger partial charge in [-0.3, -0.25) is 0 Å². The fourth-order valence-electron chi connectivity index (χ4n) is 0. The van der Waals surface area contributed by atoms with E-state index in [-0.39, 0.29) is 29.6 Å². The monoisotopic (exact) mass is 244 g/mol. The molecule has 0 aromatic rings. The fraction of sp³-hybridized carbons (Fsp3) is 0.667. The van der Waals surface area contributed by atoms with Gasteiger partial charge in [0, 0.05) is 0 Å². The number of rotatable bonds is 1. The Hall–Kier alpha value is 1.83. The van der Waals surface area contributed by atoms with Gasteiger partial charge < -0.3 is 15.0 Å². The number of carbonyl (C=O) groups is 1. The molecule has 0 aliphatic heterocycles. The van der Waals surface area contributed by atoms with Gasteiger partial charge in [-0.2, -0.15) is 0 Å². The summed E-state index contributed by atoms with van der Waals surface area (Å²) in [5.41, 5.74) is 0. The van der Waals surface area contributed by atoms with Crippen molar-refractivity contribution < 1.29 is 44.6 Å². The van der Waals surface area contributed by atoms with Gasteiger partial charge in [0.05, 0.1) is 12.1 Å². The summed E-state index contributed by atoms with van der Waals surface area (Å²) in [6.07, 6.45) is -1.34. The first kappa shape index (κ1) is 18.6. The zero-order chi connectivity index (χ0) is 8.73. The molecule has 1 N–H and O–H groups in total. The molecule has 0 spiro atoms. The van der Waals surface area contributed by atoms with Gasteiger partial charge in [0.15, 0.2) is 0 Å². The van der Waals surface area contributed by atoms with Gasteiger partial charge in [0.25, 0.3) is 0 Å². The molecule has 11 heavy (non-hydrogen) atoms. The second-order valence-corrected chi connectivity index (χ2v) is 7.68. The molecule has 0 saturated carbocycles. The van der Waals surface area contributed by atoms with E-state index >= 15 is 0 Å². The fourth-order valence-corrected chi connectivity index (χ4v) is 0. The first-order chi connectivity index (χ1) is 4.37. The summed E-state index contributed by atoms with van der Waals surface area (Å²) < 4.78 is 0. The van der Waals surface area contributed by atoms with E-state index in [1.807, 2.05) is 0 Å². The number of aliphatic hydroxyl groups is 1. The number of hydrogen-bond acceptors (Lipinski definition) is 3. The summed E-state index contributed by atoms with van der Waals surface area (Å²) in [5.74, 6) is -1.44. The molecule has 0 aromatic carbocycles. The van der Waals surface area contributed by atoms with Crippen LogP contribution in [0.2, 0.25) is 0 Å². The van der Waals surface area contributed by atoms with Crippen LogP contribution >= 0.6 is 30.1 Å². The molecule has 8 heteroatoms. The Balaban J connectivity index is -0.000000114. The largest absolute Gasteiger partial charge is 1.00 e. The minimum absolute atomic E-state index is 0. The van der Waals surface area contributed by atoms with Crippen molar-refractivity contribution in [3.05, 3.63) is 0 Å². The maximum absolute atomic E-state index is 9.34. The van der Waals surface area contributed by atoms with Crippen LogP contribution in [0.15, 0.2) is 0 Å². The number of carboxylic acids is 1. The van der Waals surface area contributed by atoms with Gasteiger partial charge in [-0.25, -0.2) is 30.1 Å². The van der Waals surface area contributed by atoms with E-state index in [0.29, 0.717) is 0 Å². The molecule has 0 bridgehead atoms. The summed E-state index contributed by atoms with van der Waals surface area (Å²) in [6.45, 7) is 1.13. The van der Waals surface area contributed by atoms with Crippen LogP contribution in [0.4, 0.5) is 0 Å². The molecule has 1 unspecified atom stereocenters. The number of aliphatic carboxylic acids is 1. The second-order valence-electron chi connectivity index (χ2n) is 1.24. The van der Waals surface area contributed by atoms with Gasteiger partial charge in [0.2, 0.25) is 0 Å². The van der Waals surface area contributed by atoms with Gasteiger partial charge in [-0.1, -0.05) is 0 Å². The van der Waals surface area contributed by atoms with Crippen LogP contribution in [-0.4, -0.2) is 28.6 Å². The predicted octanol–water partition coefficient (Wildman–Crippen LogP) is -3.19. The Morgan fingerprint density at radius 1 is 1.55 bits per heavy atom. The number of aliphatic hydroxyl groups excluding tert-OH is 1. The SMILES string of the molecule is CC(O)C(=O)[O-].[Cl][Al]([Cl])[Cl].[Na+]. The zero-order valence-electron chi connectivity index (χ0n) is 6.05. The maximum atomic E-state index is 9.34. The minimum atomic E-state index is -1.72. The van der Waals surface area contributed by atoms with Crippen LogP contribution in [0, 0.1) is 0 Å². The number of hydrogen-bond donors (Lipinski definition) is 1. The van der Waals surface area contributed by atoms with Crippen molar-refractivity contribution in [2.24, 2.45) is 0 Å². The molecule has 0 radical (unpaired) electrons. The van der Waals surface area contributed by atoms with E-state index in [4.69, 9.17) is 35.3 Å². The third-order valence-corrected chi connectivity index (χ3v) is 0.341. The topological polar surface area (TPSA) is 60.4 Å². The third kappa shape index (κ3) is 33.6. The quantitative estimate of drug-likeness (QED) is 0.495. The molecular weight excluding hydrogens is 240 g/mol. The number of halogens is 3. The maximum Gasteiger partial charge on any atom is 1.00 e. The summed E-state index contributed by atoms with van der Waals surface area (Å²) >= 11 is -1.72. The predicted molar refractivity (Wildman–Crippen MR) is 40.0 cm³/mol. The van der Waals surface area contributed by atoms with Crippen LogP contribution in [-0.2, 0) is 4.79 Å². The summed E-state index contributed by atoms with van der Waals surface area (Å²) in [4.78, 5) is 9.34. The van der Waals surface area contributed by atoms with Crippen molar-refractivity contribution in [3.8, 4) is 0 Å². The van der Waals surface area contributed by atoms with E-state index in [1.165, 1.54) is 0 Å². The smallest absolute Gasteiger partial charge is 0.547 e. The molecule has 3 nitrogen and oxygen atoms in total. The van der Waals surface area contributed by atoms with Gasteiger partial charge >= 0.3 is 40.9 Å². The molecule has 0 amide bonds. The minimum Gasteiger partial charge on any atom is -0.547 e. The molecule has 1 atom stereocenters. The Morgan fingerprint density at radius 3 is 1.64 bits per heavy atom. The zero-order valence-corrected chi connectivity index (χ0v) is 11.5. The van der Waals surface area contributed by atoms with Crippen LogP contribution in [0.5, 0.6) is 0 Å². The summed E-state index contributed by atoms with van der Waals surface area (Å²) in [7, 11) is 14.8. The second kappa shape index (κ2) is 11.8. The van der Waals surface area contributed by atoms with Crippen molar-refractivity contribution in [1.29, 1.82) is 0 Å². The van der Waals surface area contributed by atoms with E-state index in [2.05, 4.69) is 0 Å². The van der Waals surface area contributed by atoms with E-state index in [9.17, 15) is 9.90 Å². The van der Waals surface area contributed by atoms with E-state index < -0.39 is 23.5 Å². The molecule has 60 valence electrons. The molecule has 0 rings (SSSR count). The molecule has 0 heterocycles. The van der Waals surface area contributed by atoms with E-state index in [0.717, 1.165) is 6.92 Å². The Bertz CT molecular complexity index is 99.1. The van der Waals surface area contributed by atoms with Crippen molar-refractivity contribution in [3.63, 3.8) is 0 Å². The molecule has 0 aliphatic rings. The van der Waals surface area contributed by atoms with Crippen molar-refractivity contribution in [1.82, 2.24) is 0 Å². The molecular formula is C3H5AlCl3NaO3. The van der Waals surface area contributed by atoms with Gasteiger partial charge in [-0.05, 0) is 6.92 Å². The standard InChI is InChI=1S/C3H6O3.Al.3ClH.Na/c1-2(4)3(5)6;;;;;/h2,4H,1H3,(H,5,6);;3*1H;/q;+3;;;;+1/p-4. The summed E-state index contributed by atoms with van der Waals surface area (Å²) in [6, 6.07) is 0. The van der Waals surface area contributed by atoms with Crippen LogP contribution in [0.25, 0.3) is 0 Å². The first-order valence-electron chi connectivity index (χ1n) is 2.19. The van der Waals surface area contributed by atoms with Crippen LogP contribution in [0.1, 0.15) is 6.92 Å². The van der Waals surface area contributed by atoms with E-state index in [1.54, 1.807) is 0 Å². The van der Waals surface area contributed by atoms with Gasteiger partial charge in [-0.15, -0.1) is 0 Å². The van der Waals surface area contributed by atoms with Crippen molar-refractivity contribution in [2.75, 3.05) is 0 Å². The van der Waals surface area contributed by atoms with Crippen molar-refractivity contribution in [2.45, 2.75) is 13.0 Å². The normalized spacial score (nSPS) is 9.91. The van der Waals surface area contributed by atoms with Gasteiger partial charge in [0.1, 0.15) is 0 Å². The first-order valence-corrected chi connectivity index (χ1v) is 7.42.